The van der Waals surface area contributed by atoms with E-state index in [1.807, 2.05) is 0 Å². The summed E-state index contributed by atoms with van der Waals surface area (Å²) in [6.45, 7) is -0.345. The molecule has 0 radical (unpaired) electrons. The molecule has 0 aliphatic carbocycles. The molecule has 0 saturated carbocycles. The minimum absolute atomic E-state index is 0.00851. The molecule has 154 valence electrons. The number of anilines is 1. The smallest absolute Gasteiger partial charge is 0.255 e. The summed E-state index contributed by atoms with van der Waals surface area (Å²) in [5, 5.41) is 2.70. The van der Waals surface area contributed by atoms with Gasteiger partial charge in [0.2, 0.25) is 10.0 Å². The Morgan fingerprint density at radius 1 is 0.833 bits per heavy atom. The molecular formula is C22H20N2O5S. The fraction of sp³-hybridized carbons (Fsp3) is 0.0909. The number of amides is 1. The summed E-state index contributed by atoms with van der Waals surface area (Å²) < 4.78 is 32.2. The van der Waals surface area contributed by atoms with Crippen molar-refractivity contribution in [2.24, 2.45) is 0 Å². The zero-order valence-corrected chi connectivity index (χ0v) is 17.0. The highest BCUT2D eigenvalue weighted by Gasteiger charge is 2.16. The first-order valence-corrected chi connectivity index (χ1v) is 10.5. The zero-order chi connectivity index (χ0) is 21.6. The highest BCUT2D eigenvalue weighted by Crippen LogP contribution is 2.16. The van der Waals surface area contributed by atoms with Crippen molar-refractivity contribution in [3.8, 4) is 5.75 Å². The maximum Gasteiger partial charge on any atom is 0.255 e. The number of benzene rings is 3. The molecular weight excluding hydrogens is 404 g/mol. The summed E-state index contributed by atoms with van der Waals surface area (Å²) in [4.78, 5) is 24.4. The fourth-order valence-corrected chi connectivity index (χ4v) is 3.62. The van der Waals surface area contributed by atoms with Gasteiger partial charge in [0.15, 0.2) is 5.78 Å². The van der Waals surface area contributed by atoms with Crippen LogP contribution in [0.1, 0.15) is 20.7 Å². The number of rotatable bonds is 8. The van der Waals surface area contributed by atoms with Crippen LogP contribution in [0.4, 0.5) is 5.69 Å². The lowest BCUT2D eigenvalue weighted by Crippen LogP contribution is -2.29. The van der Waals surface area contributed by atoms with Gasteiger partial charge in [0, 0.05) is 16.8 Å². The van der Waals surface area contributed by atoms with Gasteiger partial charge in [0.1, 0.15) is 5.75 Å². The molecule has 0 aliphatic heterocycles. The predicted molar refractivity (Wildman–Crippen MR) is 113 cm³/mol. The van der Waals surface area contributed by atoms with Crippen molar-refractivity contribution in [3.05, 3.63) is 90.0 Å². The first-order valence-electron chi connectivity index (χ1n) is 9.02. The second-order valence-electron chi connectivity index (χ2n) is 6.32. The number of ketones is 1. The number of nitrogens with one attached hydrogen (secondary N) is 2. The predicted octanol–water partition coefficient (Wildman–Crippen LogP) is 3.11. The molecule has 3 aromatic carbocycles. The molecule has 3 aromatic rings. The Morgan fingerprint density at radius 3 is 2.07 bits per heavy atom. The molecule has 0 spiro atoms. The Bertz CT molecular complexity index is 1130. The van der Waals surface area contributed by atoms with Gasteiger partial charge in [-0.2, -0.15) is 0 Å². The Hall–Kier alpha value is -3.49. The molecule has 3 rings (SSSR count). The molecule has 0 fully saturated rings. The van der Waals surface area contributed by atoms with Crippen molar-refractivity contribution in [1.82, 2.24) is 4.72 Å². The summed E-state index contributed by atoms with van der Waals surface area (Å²) >= 11 is 0. The summed E-state index contributed by atoms with van der Waals surface area (Å²) in [6, 6.07) is 20.7. The quantitative estimate of drug-likeness (QED) is 0.541. The van der Waals surface area contributed by atoms with Gasteiger partial charge in [-0.15, -0.1) is 0 Å². The molecule has 0 aromatic heterocycles. The van der Waals surface area contributed by atoms with Crippen molar-refractivity contribution in [2.75, 3.05) is 19.0 Å². The molecule has 0 saturated heterocycles. The van der Waals surface area contributed by atoms with Gasteiger partial charge in [-0.1, -0.05) is 30.3 Å². The summed E-state index contributed by atoms with van der Waals surface area (Å²) in [6.07, 6.45) is 0. The number of Topliss-reactive ketones (excluding diaryl/α,β-unsaturated/α-hetero) is 1. The van der Waals surface area contributed by atoms with Crippen molar-refractivity contribution in [2.45, 2.75) is 4.90 Å². The first-order chi connectivity index (χ1) is 14.4. The molecule has 0 bridgehead atoms. The molecule has 2 N–H and O–H groups in total. The number of hydrogen-bond acceptors (Lipinski definition) is 5. The average Bonchev–Trinajstić information content (AvgIpc) is 2.78. The summed E-state index contributed by atoms with van der Waals surface area (Å²) in [5.74, 6) is -0.0262. The maximum absolute atomic E-state index is 12.4. The standard InChI is InChI=1S/C22H20N2O5S/c1-29-19-11-7-17(8-12-19)22(26)24-18-9-13-20(14-10-18)30(27,28)23-15-21(25)16-5-3-2-4-6-16/h2-14,23H,15H2,1H3,(H,24,26). The van der Waals surface area contributed by atoms with Gasteiger partial charge in [0.25, 0.3) is 5.91 Å². The third-order valence-electron chi connectivity index (χ3n) is 4.29. The minimum atomic E-state index is -3.87. The van der Waals surface area contributed by atoms with Crippen LogP contribution in [-0.2, 0) is 10.0 Å². The fourth-order valence-electron chi connectivity index (χ4n) is 2.63. The lowest BCUT2D eigenvalue weighted by Gasteiger charge is -2.09. The second kappa shape index (κ2) is 9.34. The summed E-state index contributed by atoms with van der Waals surface area (Å²) in [5.41, 5.74) is 1.31. The molecule has 1 amide bonds. The van der Waals surface area contributed by atoms with Crippen molar-refractivity contribution in [1.29, 1.82) is 0 Å². The van der Waals surface area contributed by atoms with Crippen LogP contribution in [0, 0.1) is 0 Å². The zero-order valence-electron chi connectivity index (χ0n) is 16.2. The number of methoxy groups -OCH3 is 1. The molecule has 0 heterocycles. The molecule has 0 atom stereocenters. The highest BCUT2D eigenvalue weighted by molar-refractivity contribution is 7.89. The third-order valence-corrected chi connectivity index (χ3v) is 5.71. The van der Waals surface area contributed by atoms with Crippen LogP contribution in [0.15, 0.2) is 83.8 Å². The maximum atomic E-state index is 12.4. The lowest BCUT2D eigenvalue weighted by atomic mass is 10.1. The van der Waals surface area contributed by atoms with E-state index < -0.39 is 10.0 Å². The number of carbonyl (C=O) groups is 2. The Morgan fingerprint density at radius 2 is 1.47 bits per heavy atom. The van der Waals surface area contributed by atoms with E-state index in [9.17, 15) is 18.0 Å². The highest BCUT2D eigenvalue weighted by atomic mass is 32.2. The topological polar surface area (TPSA) is 102 Å². The van der Waals surface area contributed by atoms with Gasteiger partial charge in [0.05, 0.1) is 18.6 Å². The number of sulfonamides is 1. The van der Waals surface area contributed by atoms with E-state index in [0.29, 0.717) is 22.6 Å². The monoisotopic (exact) mass is 424 g/mol. The van der Waals surface area contributed by atoms with Crippen molar-refractivity contribution in [3.63, 3.8) is 0 Å². The van der Waals surface area contributed by atoms with E-state index in [4.69, 9.17) is 4.74 Å². The average molecular weight is 424 g/mol. The molecule has 30 heavy (non-hydrogen) atoms. The van der Waals surface area contributed by atoms with E-state index >= 15 is 0 Å². The van der Waals surface area contributed by atoms with E-state index in [-0.39, 0.29) is 23.1 Å². The van der Waals surface area contributed by atoms with Crippen LogP contribution in [-0.4, -0.2) is 33.8 Å². The number of ether oxygens (including phenoxy) is 1. The third kappa shape index (κ3) is 5.31. The van der Waals surface area contributed by atoms with Gasteiger partial charge in [-0.3, -0.25) is 9.59 Å². The van der Waals surface area contributed by atoms with E-state index in [1.165, 1.54) is 31.4 Å². The SMILES string of the molecule is COc1ccc(C(=O)Nc2ccc(S(=O)(=O)NCC(=O)c3ccccc3)cc2)cc1. The molecule has 0 unspecified atom stereocenters. The molecule has 8 heteroatoms. The van der Waals surface area contributed by atoms with Crippen LogP contribution in [0.25, 0.3) is 0 Å². The van der Waals surface area contributed by atoms with Crippen LogP contribution >= 0.6 is 0 Å². The van der Waals surface area contributed by atoms with Gasteiger partial charge in [-0.05, 0) is 48.5 Å². The van der Waals surface area contributed by atoms with E-state index in [1.54, 1.807) is 54.6 Å². The van der Waals surface area contributed by atoms with Crippen LogP contribution in [0.2, 0.25) is 0 Å². The number of carbonyl (C=O) groups excluding carboxylic acids is 2. The molecule has 7 nitrogen and oxygen atoms in total. The van der Waals surface area contributed by atoms with Crippen molar-refractivity contribution >= 4 is 27.4 Å². The minimum Gasteiger partial charge on any atom is -0.497 e. The van der Waals surface area contributed by atoms with Crippen LogP contribution in [0.3, 0.4) is 0 Å². The van der Waals surface area contributed by atoms with Gasteiger partial charge < -0.3 is 10.1 Å². The van der Waals surface area contributed by atoms with Crippen LogP contribution in [0.5, 0.6) is 5.75 Å². The normalized spacial score (nSPS) is 11.0. The summed E-state index contributed by atoms with van der Waals surface area (Å²) in [7, 11) is -2.33. The van der Waals surface area contributed by atoms with Gasteiger partial charge in [-0.25, -0.2) is 13.1 Å². The Kier molecular flexibility index (Phi) is 6.61. The molecule has 0 aliphatic rings. The lowest BCUT2D eigenvalue weighted by molar-refractivity contribution is 0.0994. The van der Waals surface area contributed by atoms with Crippen LogP contribution < -0.4 is 14.8 Å². The van der Waals surface area contributed by atoms with E-state index in [2.05, 4.69) is 10.0 Å². The first kappa shape index (κ1) is 21.2. The van der Waals surface area contributed by atoms with Gasteiger partial charge >= 0.3 is 0 Å². The van der Waals surface area contributed by atoms with Crippen molar-refractivity contribution < 1.29 is 22.7 Å². The number of hydrogen-bond donors (Lipinski definition) is 2. The largest absolute Gasteiger partial charge is 0.497 e. The Labute approximate surface area is 174 Å². The Balaban J connectivity index is 1.62. The van der Waals surface area contributed by atoms with E-state index in [0.717, 1.165) is 0 Å². The second-order valence-corrected chi connectivity index (χ2v) is 8.09.